The molecule has 0 unspecified atom stereocenters. The Kier molecular flexibility index (Phi) is 5.01. The molecule has 2 aromatic heterocycles. The summed E-state index contributed by atoms with van der Waals surface area (Å²) in [6.07, 6.45) is 2.38. The third-order valence-corrected chi connectivity index (χ3v) is 6.18. The Balaban J connectivity index is 1.44. The zero-order valence-corrected chi connectivity index (χ0v) is 18.1. The van der Waals surface area contributed by atoms with E-state index in [0.29, 0.717) is 13.0 Å². The Morgan fingerprint density at radius 2 is 1.97 bits per heavy atom. The van der Waals surface area contributed by atoms with E-state index >= 15 is 0 Å². The van der Waals surface area contributed by atoms with Gasteiger partial charge in [0.05, 0.1) is 11.3 Å². The first kappa shape index (κ1) is 20.1. The molecule has 3 heterocycles. The Hall–Kier alpha value is -3.87. The number of fused-ring (bicyclic) bond motifs is 3. The van der Waals surface area contributed by atoms with Gasteiger partial charge in [0.2, 0.25) is 0 Å². The number of aromatic nitrogens is 3. The second kappa shape index (κ2) is 8.00. The van der Waals surface area contributed by atoms with Crippen molar-refractivity contribution in [3.05, 3.63) is 88.6 Å². The number of carbonyl (C=O) groups excluding carboxylic acids is 2. The van der Waals surface area contributed by atoms with Crippen LogP contribution in [0.3, 0.4) is 0 Å². The first-order chi connectivity index (χ1) is 15.5. The van der Waals surface area contributed by atoms with Crippen LogP contribution in [-0.4, -0.2) is 32.7 Å². The van der Waals surface area contributed by atoms with Crippen LogP contribution in [0.2, 0.25) is 0 Å². The number of ether oxygens (including phenoxy) is 1. The van der Waals surface area contributed by atoms with Crippen LogP contribution in [0.15, 0.2) is 54.9 Å². The van der Waals surface area contributed by atoms with Gasteiger partial charge in [0.1, 0.15) is 12.9 Å². The van der Waals surface area contributed by atoms with Crippen molar-refractivity contribution in [2.24, 2.45) is 7.05 Å². The molecule has 0 atom stereocenters. The maximum absolute atomic E-state index is 12.7. The van der Waals surface area contributed by atoms with Crippen molar-refractivity contribution in [1.82, 2.24) is 19.4 Å². The third-order valence-electron chi connectivity index (χ3n) is 6.18. The average molecular weight is 428 g/mol. The molecule has 1 aliphatic heterocycles. The summed E-state index contributed by atoms with van der Waals surface area (Å²) in [7, 11) is 2.01. The van der Waals surface area contributed by atoms with Crippen LogP contribution in [0.1, 0.15) is 38.6 Å². The summed E-state index contributed by atoms with van der Waals surface area (Å²) in [6, 6.07) is 15.6. The molecular weight excluding hydrogens is 404 g/mol. The van der Waals surface area contributed by atoms with E-state index in [2.05, 4.69) is 14.9 Å². The molecular formula is C25H24N4O3. The minimum atomic E-state index is -0.459. The van der Waals surface area contributed by atoms with Crippen LogP contribution in [0.5, 0.6) is 0 Å². The van der Waals surface area contributed by atoms with Gasteiger partial charge < -0.3 is 14.6 Å². The highest BCUT2D eigenvalue weighted by molar-refractivity contribution is 6.10. The quantitative estimate of drug-likeness (QED) is 0.537. The van der Waals surface area contributed by atoms with Gasteiger partial charge >= 0.3 is 6.09 Å². The fourth-order valence-corrected chi connectivity index (χ4v) is 4.45. The maximum Gasteiger partial charge on any atom is 0.419 e. The lowest BCUT2D eigenvalue weighted by Gasteiger charge is -2.14. The molecule has 32 heavy (non-hydrogen) atoms. The smallest absolute Gasteiger partial charge is 0.419 e. The summed E-state index contributed by atoms with van der Waals surface area (Å²) >= 11 is 0. The topological polar surface area (TPSA) is 78.2 Å². The SMILES string of the molecule is Cc1c(Cc2cccc3c2c2c(n3C)CCNC2=O)ncn1C(=O)OCc1ccccc1. The number of rotatable bonds is 4. The number of nitrogens with zero attached hydrogens (tertiary/aromatic N) is 3. The monoisotopic (exact) mass is 428 g/mol. The molecule has 4 aromatic rings. The molecule has 2 aromatic carbocycles. The van der Waals surface area contributed by atoms with E-state index in [0.717, 1.165) is 51.1 Å². The lowest BCUT2D eigenvalue weighted by molar-refractivity contribution is 0.0946. The lowest BCUT2D eigenvalue weighted by atomic mass is 9.98. The summed E-state index contributed by atoms with van der Waals surface area (Å²) in [5.41, 5.74) is 6.30. The highest BCUT2D eigenvalue weighted by Crippen LogP contribution is 2.32. The summed E-state index contributed by atoms with van der Waals surface area (Å²) in [6.45, 7) is 2.72. The third kappa shape index (κ3) is 3.36. The van der Waals surface area contributed by atoms with E-state index in [4.69, 9.17) is 4.74 Å². The standard InChI is InChI=1S/C25H24N4O3/c1-16-19(27-15-29(16)25(31)32-14-17-7-4-3-5-8-17)13-18-9-6-10-20-22(18)23-21(28(20)2)11-12-26-24(23)30/h3-10,15H,11-14H2,1-2H3,(H,26,30). The molecule has 1 amide bonds. The molecule has 0 saturated heterocycles. The molecule has 0 bridgehead atoms. The van der Waals surface area contributed by atoms with Crippen molar-refractivity contribution in [2.45, 2.75) is 26.4 Å². The van der Waals surface area contributed by atoms with Crippen molar-refractivity contribution in [1.29, 1.82) is 0 Å². The Labute approximate surface area is 185 Å². The van der Waals surface area contributed by atoms with Gasteiger partial charge in [-0.05, 0) is 24.1 Å². The molecule has 0 aliphatic carbocycles. The van der Waals surface area contributed by atoms with E-state index in [9.17, 15) is 9.59 Å². The Morgan fingerprint density at radius 1 is 1.16 bits per heavy atom. The van der Waals surface area contributed by atoms with Gasteiger partial charge in [0.15, 0.2) is 0 Å². The number of imidazole rings is 1. The predicted octanol–water partition coefficient (Wildman–Crippen LogP) is 3.74. The van der Waals surface area contributed by atoms with Crippen LogP contribution >= 0.6 is 0 Å². The molecule has 0 spiro atoms. The molecule has 5 rings (SSSR count). The molecule has 1 N–H and O–H groups in total. The Morgan fingerprint density at radius 3 is 2.78 bits per heavy atom. The summed E-state index contributed by atoms with van der Waals surface area (Å²) in [5.74, 6) is -0.0314. The molecule has 7 heteroatoms. The van der Waals surface area contributed by atoms with Crippen molar-refractivity contribution in [3.8, 4) is 0 Å². The van der Waals surface area contributed by atoms with Gasteiger partial charge in [-0.25, -0.2) is 14.3 Å². The van der Waals surface area contributed by atoms with E-state index in [1.54, 1.807) is 0 Å². The fourth-order valence-electron chi connectivity index (χ4n) is 4.45. The largest absolute Gasteiger partial charge is 0.444 e. The highest BCUT2D eigenvalue weighted by Gasteiger charge is 2.26. The first-order valence-corrected chi connectivity index (χ1v) is 10.7. The van der Waals surface area contributed by atoms with Crippen molar-refractivity contribution < 1.29 is 14.3 Å². The van der Waals surface area contributed by atoms with E-state index in [1.807, 2.05) is 62.5 Å². The normalized spacial score (nSPS) is 13.1. The number of aryl methyl sites for hydroxylation is 1. The first-order valence-electron chi connectivity index (χ1n) is 10.7. The second-order valence-corrected chi connectivity index (χ2v) is 8.06. The van der Waals surface area contributed by atoms with E-state index in [1.165, 1.54) is 10.9 Å². The van der Waals surface area contributed by atoms with Crippen molar-refractivity contribution in [3.63, 3.8) is 0 Å². The summed E-state index contributed by atoms with van der Waals surface area (Å²) in [4.78, 5) is 29.7. The van der Waals surface area contributed by atoms with Crippen LogP contribution < -0.4 is 5.32 Å². The lowest BCUT2D eigenvalue weighted by Crippen LogP contribution is -2.32. The summed E-state index contributed by atoms with van der Waals surface area (Å²) < 4.78 is 8.99. The number of amides is 1. The molecule has 1 aliphatic rings. The van der Waals surface area contributed by atoms with Gasteiger partial charge in [0.25, 0.3) is 5.91 Å². The van der Waals surface area contributed by atoms with Crippen LogP contribution in [0.25, 0.3) is 10.9 Å². The maximum atomic E-state index is 12.7. The van der Waals surface area contributed by atoms with Gasteiger partial charge in [-0.2, -0.15) is 0 Å². The van der Waals surface area contributed by atoms with Gasteiger partial charge in [-0.15, -0.1) is 0 Å². The van der Waals surface area contributed by atoms with Crippen LogP contribution in [-0.2, 0) is 31.2 Å². The molecule has 0 saturated carbocycles. The second-order valence-electron chi connectivity index (χ2n) is 8.06. The minimum absolute atomic E-state index is 0.0314. The highest BCUT2D eigenvalue weighted by atomic mass is 16.5. The van der Waals surface area contributed by atoms with Crippen LogP contribution in [0, 0.1) is 6.92 Å². The average Bonchev–Trinajstić information content (AvgIpc) is 3.32. The summed E-state index contributed by atoms with van der Waals surface area (Å²) in [5, 5.41) is 3.92. The van der Waals surface area contributed by atoms with Crippen LogP contribution in [0.4, 0.5) is 4.79 Å². The number of benzene rings is 2. The predicted molar refractivity (Wildman–Crippen MR) is 121 cm³/mol. The number of nitrogens with one attached hydrogen (secondary N) is 1. The van der Waals surface area contributed by atoms with Gasteiger partial charge in [-0.1, -0.05) is 42.5 Å². The molecule has 0 radical (unpaired) electrons. The number of hydrogen-bond donors (Lipinski definition) is 1. The molecule has 0 fully saturated rings. The molecule has 162 valence electrons. The van der Waals surface area contributed by atoms with Gasteiger partial charge in [-0.3, -0.25) is 4.79 Å². The van der Waals surface area contributed by atoms with Crippen molar-refractivity contribution in [2.75, 3.05) is 6.54 Å². The van der Waals surface area contributed by atoms with Crippen molar-refractivity contribution >= 4 is 22.9 Å². The number of hydrogen-bond acceptors (Lipinski definition) is 4. The fraction of sp³-hybridized carbons (Fsp3) is 0.240. The zero-order valence-electron chi connectivity index (χ0n) is 18.1. The number of carbonyl (C=O) groups is 2. The van der Waals surface area contributed by atoms with Gasteiger partial charge in [0, 0.05) is 48.7 Å². The Bertz CT molecular complexity index is 1330. The zero-order chi connectivity index (χ0) is 22.2. The van der Waals surface area contributed by atoms with E-state index < -0.39 is 6.09 Å². The molecule has 7 nitrogen and oxygen atoms in total. The minimum Gasteiger partial charge on any atom is -0.444 e. The van der Waals surface area contributed by atoms with E-state index in [-0.39, 0.29) is 12.5 Å².